The summed E-state index contributed by atoms with van der Waals surface area (Å²) < 4.78 is 87.9. The van der Waals surface area contributed by atoms with Gasteiger partial charge in [-0.2, -0.15) is 0 Å². The molecule has 2 aromatic rings. The van der Waals surface area contributed by atoms with Crippen molar-refractivity contribution in [2.45, 2.75) is 38.2 Å². The van der Waals surface area contributed by atoms with Gasteiger partial charge in [0.15, 0.2) is 17.2 Å². The number of halogens is 6. The van der Waals surface area contributed by atoms with E-state index in [0.717, 1.165) is 18.2 Å². The van der Waals surface area contributed by atoms with Crippen molar-refractivity contribution in [2.75, 3.05) is 0 Å². The minimum absolute atomic E-state index is 0.181. The summed E-state index contributed by atoms with van der Waals surface area (Å²) in [5, 5.41) is 0. The lowest BCUT2D eigenvalue weighted by molar-refractivity contribution is -0.275. The molecule has 1 nitrogen and oxygen atoms in total. The van der Waals surface area contributed by atoms with E-state index in [-0.39, 0.29) is 12.0 Å². The number of allylic oxidation sites excluding steroid dienone is 4. The molecule has 1 unspecified atom stereocenters. The minimum Gasteiger partial charge on any atom is -0.403 e. The largest absolute Gasteiger partial charge is 0.573 e. The Hall–Kier alpha value is -2.70. The van der Waals surface area contributed by atoms with Gasteiger partial charge in [-0.05, 0) is 24.1 Å². The van der Waals surface area contributed by atoms with E-state index >= 15 is 8.78 Å². The molecule has 0 fully saturated rings. The van der Waals surface area contributed by atoms with Crippen LogP contribution in [0.25, 0.3) is 5.57 Å². The minimum atomic E-state index is -5.15. The van der Waals surface area contributed by atoms with Crippen LogP contribution in [-0.2, 0) is 5.67 Å². The first kappa shape index (κ1) is 21.0. The molecule has 1 atom stereocenters. The topological polar surface area (TPSA) is 9.23 Å². The van der Waals surface area contributed by atoms with Crippen LogP contribution >= 0.6 is 0 Å². The van der Waals surface area contributed by atoms with Gasteiger partial charge in [0.05, 0.1) is 0 Å². The first-order valence-electron chi connectivity index (χ1n) is 9.04. The van der Waals surface area contributed by atoms with Gasteiger partial charge in [-0.25, -0.2) is 13.2 Å². The summed E-state index contributed by atoms with van der Waals surface area (Å²) in [6.07, 6.45) is -3.31. The van der Waals surface area contributed by atoms with Gasteiger partial charge >= 0.3 is 6.36 Å². The Morgan fingerprint density at radius 3 is 2.31 bits per heavy atom. The molecule has 1 aliphatic rings. The lowest BCUT2D eigenvalue weighted by Gasteiger charge is -2.34. The summed E-state index contributed by atoms with van der Waals surface area (Å²) in [6.45, 7) is 1.83. The SMILES string of the molecule is CCCC1=CC(F)=C(c2ccccc2)C(F)(c2cccc(OC(F)(F)F)c2F)C1. The van der Waals surface area contributed by atoms with E-state index in [1.165, 1.54) is 18.2 Å². The summed E-state index contributed by atoms with van der Waals surface area (Å²) in [4.78, 5) is 0. The van der Waals surface area contributed by atoms with Gasteiger partial charge in [-0.1, -0.05) is 61.4 Å². The predicted octanol–water partition coefficient (Wildman–Crippen LogP) is 7.40. The van der Waals surface area contributed by atoms with Crippen LogP contribution in [-0.4, -0.2) is 6.36 Å². The van der Waals surface area contributed by atoms with Crippen molar-refractivity contribution in [1.29, 1.82) is 0 Å². The Kier molecular flexibility index (Phi) is 5.78. The lowest BCUT2D eigenvalue weighted by atomic mass is 9.75. The molecular formula is C22H18F6O. The zero-order chi connectivity index (χ0) is 21.2. The molecule has 0 spiro atoms. The summed E-state index contributed by atoms with van der Waals surface area (Å²) in [5.41, 5.74) is -3.22. The monoisotopic (exact) mass is 412 g/mol. The number of hydrogen-bond donors (Lipinski definition) is 0. The molecule has 7 heteroatoms. The van der Waals surface area contributed by atoms with Gasteiger partial charge in [0.1, 0.15) is 5.83 Å². The molecular weight excluding hydrogens is 394 g/mol. The number of hydrogen-bond acceptors (Lipinski definition) is 1. The van der Waals surface area contributed by atoms with Gasteiger partial charge in [0, 0.05) is 17.6 Å². The standard InChI is InChI=1S/C22H18F6O/c1-2-7-14-12-17(23)19(15-8-4-3-5-9-15)21(25,13-14)16-10-6-11-18(20(16)24)29-22(26,27)28/h3-6,8-12H,2,7,13H2,1H3. The van der Waals surface area contributed by atoms with E-state index in [9.17, 15) is 17.6 Å². The van der Waals surface area contributed by atoms with Crippen molar-refractivity contribution in [3.63, 3.8) is 0 Å². The van der Waals surface area contributed by atoms with Crippen LogP contribution in [0.15, 0.2) is 66.0 Å². The maximum Gasteiger partial charge on any atom is 0.573 e. The number of alkyl halides is 4. The van der Waals surface area contributed by atoms with E-state index in [4.69, 9.17) is 0 Å². The van der Waals surface area contributed by atoms with Gasteiger partial charge in [-0.15, -0.1) is 13.2 Å². The van der Waals surface area contributed by atoms with E-state index in [1.54, 1.807) is 18.2 Å². The Morgan fingerprint density at radius 2 is 1.69 bits per heavy atom. The van der Waals surface area contributed by atoms with Crippen molar-refractivity contribution in [3.05, 3.63) is 83.0 Å². The molecule has 2 aromatic carbocycles. The summed E-state index contributed by atoms with van der Waals surface area (Å²) in [7, 11) is 0. The average Bonchev–Trinajstić information content (AvgIpc) is 2.63. The first-order chi connectivity index (χ1) is 13.7. The summed E-state index contributed by atoms with van der Waals surface area (Å²) in [6, 6.07) is 10.6. The molecule has 0 amide bonds. The quantitative estimate of drug-likeness (QED) is 0.465. The molecule has 29 heavy (non-hydrogen) atoms. The second-order valence-electron chi connectivity index (χ2n) is 6.78. The highest BCUT2D eigenvalue weighted by Gasteiger charge is 2.45. The highest BCUT2D eigenvalue weighted by Crippen LogP contribution is 2.51. The normalized spacial score (nSPS) is 19.9. The average molecular weight is 412 g/mol. The van der Waals surface area contributed by atoms with Gasteiger partial charge < -0.3 is 4.74 Å². The zero-order valence-electron chi connectivity index (χ0n) is 15.5. The van der Waals surface area contributed by atoms with Gasteiger partial charge in [-0.3, -0.25) is 0 Å². The number of benzene rings is 2. The fourth-order valence-corrected chi connectivity index (χ4v) is 3.60. The Bertz CT molecular complexity index is 946. The Labute approximate surface area is 164 Å². The molecule has 0 heterocycles. The fraction of sp³-hybridized carbons (Fsp3) is 0.273. The molecule has 1 aliphatic carbocycles. The van der Waals surface area contributed by atoms with Crippen LogP contribution in [0.3, 0.4) is 0 Å². The predicted molar refractivity (Wildman–Crippen MR) is 97.9 cm³/mol. The molecule has 0 aromatic heterocycles. The highest BCUT2D eigenvalue weighted by molar-refractivity contribution is 5.79. The third kappa shape index (κ3) is 4.33. The van der Waals surface area contributed by atoms with E-state index in [2.05, 4.69) is 4.74 Å². The van der Waals surface area contributed by atoms with Crippen LogP contribution in [0.4, 0.5) is 26.3 Å². The third-order valence-corrected chi connectivity index (χ3v) is 4.69. The van der Waals surface area contributed by atoms with Crippen LogP contribution in [0.2, 0.25) is 0 Å². The van der Waals surface area contributed by atoms with Crippen LogP contribution in [0, 0.1) is 5.82 Å². The summed E-state index contributed by atoms with van der Waals surface area (Å²) >= 11 is 0. The first-order valence-corrected chi connectivity index (χ1v) is 9.04. The Balaban J connectivity index is 2.20. The molecule has 0 bridgehead atoms. The molecule has 0 N–H and O–H groups in total. The molecule has 154 valence electrons. The fourth-order valence-electron chi connectivity index (χ4n) is 3.60. The van der Waals surface area contributed by atoms with Crippen LogP contribution < -0.4 is 4.74 Å². The van der Waals surface area contributed by atoms with E-state index in [0.29, 0.717) is 18.4 Å². The lowest BCUT2D eigenvalue weighted by Crippen LogP contribution is -2.28. The number of rotatable bonds is 5. The van der Waals surface area contributed by atoms with Crippen molar-refractivity contribution in [3.8, 4) is 5.75 Å². The molecule has 0 aliphatic heterocycles. The number of ether oxygens (including phenoxy) is 1. The van der Waals surface area contributed by atoms with Crippen molar-refractivity contribution in [2.24, 2.45) is 0 Å². The second-order valence-corrected chi connectivity index (χ2v) is 6.78. The second kappa shape index (κ2) is 7.97. The van der Waals surface area contributed by atoms with E-state index in [1.807, 2.05) is 6.92 Å². The molecule has 0 saturated carbocycles. The maximum absolute atomic E-state index is 16.4. The molecule has 0 saturated heterocycles. The van der Waals surface area contributed by atoms with Gasteiger partial charge in [0.25, 0.3) is 0 Å². The van der Waals surface area contributed by atoms with E-state index < -0.39 is 40.6 Å². The van der Waals surface area contributed by atoms with Crippen molar-refractivity contribution < 1.29 is 31.1 Å². The third-order valence-electron chi connectivity index (χ3n) is 4.69. The van der Waals surface area contributed by atoms with Crippen LogP contribution in [0.5, 0.6) is 5.75 Å². The van der Waals surface area contributed by atoms with Crippen molar-refractivity contribution in [1.82, 2.24) is 0 Å². The summed E-state index contributed by atoms with van der Waals surface area (Å²) in [5.74, 6) is -3.55. The molecule has 3 rings (SSSR count). The Morgan fingerprint density at radius 1 is 1.00 bits per heavy atom. The molecule has 0 radical (unpaired) electrons. The smallest absolute Gasteiger partial charge is 0.403 e. The zero-order valence-corrected chi connectivity index (χ0v) is 15.5. The van der Waals surface area contributed by atoms with Crippen LogP contribution in [0.1, 0.15) is 37.3 Å². The maximum atomic E-state index is 16.4. The highest BCUT2D eigenvalue weighted by atomic mass is 19.4. The van der Waals surface area contributed by atoms with Gasteiger partial charge in [0.2, 0.25) is 0 Å². The van der Waals surface area contributed by atoms with Crippen molar-refractivity contribution >= 4 is 5.57 Å².